The van der Waals surface area contributed by atoms with E-state index >= 15 is 0 Å². The van der Waals surface area contributed by atoms with Crippen LogP contribution in [-0.4, -0.2) is 35.5 Å². The number of hydrogen-bond donors (Lipinski definition) is 0. The quantitative estimate of drug-likeness (QED) is 0.359. The molecule has 9 nitrogen and oxygen atoms in total. The molecule has 186 valence electrons. The molecule has 37 heavy (non-hydrogen) atoms. The average molecular weight is 513 g/mol. The molecular weight excluding hydrogens is 488 g/mol. The number of pyridine rings is 1. The molecule has 0 atom stereocenters. The lowest BCUT2D eigenvalue weighted by molar-refractivity contribution is 0.558. The standard InChI is InChI=1S/C27H25ClN8O/c1-30-27-34(3)26(37)22-24(21-11-17(12-29)13-33(21)2)36(32-25(22)35(27)14-16-7-8-16)15-18-9-10-31-23-19(18)5-4-6-20(23)28/h4-6,9-11,13,16H,7-8,14-15H2,1-3H3. The number of nitrogens with zero attached hydrogens (tertiary/aromatic N) is 8. The van der Waals surface area contributed by atoms with Crippen molar-refractivity contribution >= 4 is 33.5 Å². The maximum absolute atomic E-state index is 13.8. The van der Waals surface area contributed by atoms with Gasteiger partial charge in [-0.05, 0) is 42.5 Å². The Morgan fingerprint density at radius 2 is 2.05 bits per heavy atom. The van der Waals surface area contributed by atoms with Gasteiger partial charge in [0.1, 0.15) is 17.1 Å². The van der Waals surface area contributed by atoms with E-state index in [4.69, 9.17) is 16.7 Å². The predicted molar refractivity (Wildman–Crippen MR) is 142 cm³/mol. The molecule has 1 fully saturated rings. The number of aromatic nitrogens is 6. The second-order valence-corrected chi connectivity index (χ2v) is 10.00. The Hall–Kier alpha value is -4.16. The monoisotopic (exact) mass is 512 g/mol. The fourth-order valence-electron chi connectivity index (χ4n) is 5.10. The molecule has 0 saturated heterocycles. The third-order valence-corrected chi connectivity index (χ3v) is 7.40. The normalized spacial score (nSPS) is 14.1. The van der Waals surface area contributed by atoms with Gasteiger partial charge in [-0.15, -0.1) is 0 Å². The van der Waals surface area contributed by atoms with Crippen LogP contribution in [0.4, 0.5) is 0 Å². The van der Waals surface area contributed by atoms with Gasteiger partial charge in [0.2, 0.25) is 5.62 Å². The van der Waals surface area contributed by atoms with Gasteiger partial charge in [0.15, 0.2) is 5.65 Å². The van der Waals surface area contributed by atoms with Crippen molar-refractivity contribution in [2.24, 2.45) is 25.0 Å². The van der Waals surface area contributed by atoms with Crippen LogP contribution in [0.3, 0.4) is 0 Å². The second-order valence-electron chi connectivity index (χ2n) is 9.59. The maximum Gasteiger partial charge on any atom is 0.266 e. The number of aryl methyl sites for hydroxylation is 1. The highest BCUT2D eigenvalue weighted by Gasteiger charge is 2.28. The van der Waals surface area contributed by atoms with Gasteiger partial charge < -0.3 is 4.57 Å². The molecular formula is C27H25ClN8O. The van der Waals surface area contributed by atoms with Crippen molar-refractivity contribution < 1.29 is 0 Å². The first kappa shape index (κ1) is 23.3. The minimum absolute atomic E-state index is 0.175. The molecule has 1 aromatic carbocycles. The Balaban J connectivity index is 1.69. The second kappa shape index (κ2) is 8.75. The fraction of sp³-hybridized carbons (Fsp3) is 0.296. The number of fused-ring (bicyclic) bond motifs is 2. The lowest BCUT2D eigenvalue weighted by Crippen LogP contribution is -2.39. The Kier molecular flexibility index (Phi) is 5.50. The van der Waals surface area contributed by atoms with Crippen LogP contribution in [-0.2, 0) is 27.2 Å². The molecule has 0 bridgehead atoms. The zero-order valence-corrected chi connectivity index (χ0v) is 21.6. The zero-order chi connectivity index (χ0) is 25.8. The highest BCUT2D eigenvalue weighted by atomic mass is 35.5. The highest BCUT2D eigenvalue weighted by Crippen LogP contribution is 2.33. The van der Waals surface area contributed by atoms with Crippen LogP contribution >= 0.6 is 11.6 Å². The molecule has 5 aromatic rings. The van der Waals surface area contributed by atoms with Crippen LogP contribution in [0.2, 0.25) is 5.02 Å². The van der Waals surface area contributed by atoms with Crippen LogP contribution in [0.15, 0.2) is 52.5 Å². The van der Waals surface area contributed by atoms with Gasteiger partial charge in [-0.1, -0.05) is 23.7 Å². The Bertz CT molecular complexity index is 1880. The average Bonchev–Trinajstić information content (AvgIpc) is 3.53. The molecule has 0 radical (unpaired) electrons. The molecule has 4 aromatic heterocycles. The largest absolute Gasteiger partial charge is 0.348 e. The van der Waals surface area contributed by atoms with Crippen molar-refractivity contribution in [3.8, 4) is 17.5 Å². The van der Waals surface area contributed by atoms with Gasteiger partial charge >= 0.3 is 0 Å². The van der Waals surface area contributed by atoms with Crippen LogP contribution in [0.25, 0.3) is 33.3 Å². The number of para-hydroxylation sites is 1. The summed E-state index contributed by atoms with van der Waals surface area (Å²) in [6.45, 7) is 1.14. The van der Waals surface area contributed by atoms with Gasteiger partial charge in [0.25, 0.3) is 5.56 Å². The first-order chi connectivity index (χ1) is 17.9. The molecule has 10 heteroatoms. The van der Waals surface area contributed by atoms with Gasteiger partial charge in [0, 0.05) is 45.5 Å². The number of nitriles is 1. The van der Waals surface area contributed by atoms with Crippen molar-refractivity contribution in [3.63, 3.8) is 0 Å². The highest BCUT2D eigenvalue weighted by molar-refractivity contribution is 6.35. The summed E-state index contributed by atoms with van der Waals surface area (Å²) in [4.78, 5) is 22.7. The fourth-order valence-corrected chi connectivity index (χ4v) is 5.32. The zero-order valence-electron chi connectivity index (χ0n) is 20.8. The first-order valence-corrected chi connectivity index (χ1v) is 12.5. The number of hydrogen-bond acceptors (Lipinski definition) is 5. The predicted octanol–water partition coefficient (Wildman–Crippen LogP) is 3.60. The molecule has 0 unspecified atom stereocenters. The smallest absolute Gasteiger partial charge is 0.266 e. The minimum Gasteiger partial charge on any atom is -0.348 e. The molecule has 6 rings (SSSR count). The van der Waals surface area contributed by atoms with Gasteiger partial charge in [-0.25, -0.2) is 0 Å². The van der Waals surface area contributed by atoms with E-state index in [1.807, 2.05) is 40.6 Å². The molecule has 0 amide bonds. The third kappa shape index (κ3) is 3.76. The van der Waals surface area contributed by atoms with E-state index < -0.39 is 0 Å². The summed E-state index contributed by atoms with van der Waals surface area (Å²) >= 11 is 6.43. The third-order valence-electron chi connectivity index (χ3n) is 7.10. The Morgan fingerprint density at radius 1 is 1.24 bits per heavy atom. The van der Waals surface area contributed by atoms with Crippen LogP contribution in [0.5, 0.6) is 0 Å². The Morgan fingerprint density at radius 3 is 2.76 bits per heavy atom. The lowest BCUT2D eigenvalue weighted by atomic mass is 10.1. The molecule has 1 saturated carbocycles. The summed E-state index contributed by atoms with van der Waals surface area (Å²) in [6, 6.07) is 11.7. The van der Waals surface area contributed by atoms with Crippen molar-refractivity contribution in [2.45, 2.75) is 25.9 Å². The summed E-state index contributed by atoms with van der Waals surface area (Å²) < 4.78 is 7.39. The van der Waals surface area contributed by atoms with E-state index in [1.54, 1.807) is 37.1 Å². The Labute approximate surface area is 217 Å². The van der Waals surface area contributed by atoms with Crippen molar-refractivity contribution in [3.05, 3.63) is 74.8 Å². The van der Waals surface area contributed by atoms with E-state index in [1.165, 1.54) is 0 Å². The van der Waals surface area contributed by atoms with Gasteiger partial charge in [-0.2, -0.15) is 10.4 Å². The van der Waals surface area contributed by atoms with E-state index in [0.717, 1.165) is 41.5 Å². The number of halogens is 1. The van der Waals surface area contributed by atoms with Crippen molar-refractivity contribution in [1.82, 2.24) is 28.5 Å². The topological polar surface area (TPSA) is 98.7 Å². The van der Waals surface area contributed by atoms with Crippen molar-refractivity contribution in [1.29, 1.82) is 5.26 Å². The van der Waals surface area contributed by atoms with E-state index in [0.29, 0.717) is 45.4 Å². The SMILES string of the molecule is CN=c1n(C)c(=O)c2c(-c3cc(C#N)cn3C)n(Cc3ccnc4c(Cl)cccc34)nc2n1CC1CC1. The van der Waals surface area contributed by atoms with Gasteiger partial charge in [0.05, 0.1) is 28.3 Å². The summed E-state index contributed by atoms with van der Waals surface area (Å²) in [6.07, 6.45) is 5.81. The lowest BCUT2D eigenvalue weighted by Gasteiger charge is -2.12. The molecule has 0 N–H and O–H groups in total. The summed E-state index contributed by atoms with van der Waals surface area (Å²) in [5.41, 5.74) is 4.63. The van der Waals surface area contributed by atoms with Crippen molar-refractivity contribution in [2.75, 3.05) is 7.05 Å². The molecule has 1 aliphatic rings. The van der Waals surface area contributed by atoms with Gasteiger partial charge in [-0.3, -0.25) is 28.6 Å². The number of rotatable bonds is 5. The summed E-state index contributed by atoms with van der Waals surface area (Å²) in [7, 11) is 5.32. The van der Waals surface area contributed by atoms with Crippen LogP contribution in [0.1, 0.15) is 24.0 Å². The maximum atomic E-state index is 13.8. The van der Waals surface area contributed by atoms with E-state index in [2.05, 4.69) is 20.6 Å². The summed E-state index contributed by atoms with van der Waals surface area (Å²) in [5, 5.41) is 16.6. The summed E-state index contributed by atoms with van der Waals surface area (Å²) in [5.74, 6) is 0.548. The number of benzene rings is 1. The van der Waals surface area contributed by atoms with E-state index in [9.17, 15) is 10.1 Å². The molecule has 1 aliphatic carbocycles. The minimum atomic E-state index is -0.175. The van der Waals surface area contributed by atoms with Crippen LogP contribution in [0, 0.1) is 17.2 Å². The first-order valence-electron chi connectivity index (χ1n) is 12.1. The van der Waals surface area contributed by atoms with Crippen LogP contribution < -0.4 is 11.2 Å². The molecule has 0 spiro atoms. The molecule has 0 aliphatic heterocycles. The molecule has 4 heterocycles. The van der Waals surface area contributed by atoms with E-state index in [-0.39, 0.29) is 5.56 Å².